The van der Waals surface area contributed by atoms with Crippen molar-refractivity contribution in [1.82, 2.24) is 9.80 Å². The Bertz CT molecular complexity index is 1340. The molecule has 0 aromatic rings. The second-order valence-corrected chi connectivity index (χ2v) is 18.3. The highest BCUT2D eigenvalue weighted by Crippen LogP contribution is 2.87. The fourth-order valence-electron chi connectivity index (χ4n) is 12.9. The first kappa shape index (κ1) is 32.4. The van der Waals surface area contributed by atoms with Crippen LogP contribution in [0.2, 0.25) is 0 Å². The van der Waals surface area contributed by atoms with Crippen molar-refractivity contribution < 1.29 is 34.0 Å². The van der Waals surface area contributed by atoms with E-state index in [1.807, 2.05) is 0 Å². The molecule has 0 bridgehead atoms. The van der Waals surface area contributed by atoms with Crippen LogP contribution in [0.1, 0.15) is 106 Å². The van der Waals surface area contributed by atoms with Gasteiger partial charge in [-0.15, -0.1) is 0 Å². The van der Waals surface area contributed by atoms with Crippen molar-refractivity contribution >= 4 is 12.2 Å². The molecule has 11 atom stereocenters. The Hall–Kier alpha value is -1.84. The lowest BCUT2D eigenvalue weighted by Gasteiger charge is -2.59. The second-order valence-electron chi connectivity index (χ2n) is 18.3. The smallest absolute Gasteiger partial charge is 0.410 e. The van der Waals surface area contributed by atoms with Gasteiger partial charge in [0, 0.05) is 23.9 Å². The summed E-state index contributed by atoms with van der Waals surface area (Å²) in [6.45, 7) is 15.9. The molecule has 0 radical (unpaired) electrons. The summed E-state index contributed by atoms with van der Waals surface area (Å²) in [4.78, 5) is 29.2. The van der Waals surface area contributed by atoms with Gasteiger partial charge in [-0.1, -0.05) is 53.2 Å². The van der Waals surface area contributed by atoms with E-state index in [1.54, 1.807) is 9.80 Å². The van der Waals surface area contributed by atoms with Crippen LogP contribution in [0.4, 0.5) is 9.59 Å². The molecule has 262 valence electrons. The second kappa shape index (κ2) is 10.6. The molecule has 8 rings (SSSR count). The quantitative estimate of drug-likeness (QED) is 0.363. The molecule has 47 heavy (non-hydrogen) atoms. The first-order chi connectivity index (χ1) is 22.2. The number of aliphatic hydroxyl groups excluding tert-OH is 2. The number of fused-ring (bicyclic) bond motifs is 4. The Labute approximate surface area is 280 Å². The molecule has 5 aliphatic carbocycles. The summed E-state index contributed by atoms with van der Waals surface area (Å²) in [5.74, 6) is 0.796. The van der Waals surface area contributed by atoms with Gasteiger partial charge in [0.25, 0.3) is 0 Å². The number of amides is 2. The van der Waals surface area contributed by atoms with Crippen molar-refractivity contribution in [1.29, 1.82) is 0 Å². The van der Waals surface area contributed by atoms with Crippen LogP contribution in [0.3, 0.4) is 0 Å². The topological polar surface area (TPSA) is 109 Å². The molecule has 9 nitrogen and oxygen atoms in total. The van der Waals surface area contributed by atoms with Crippen LogP contribution in [0, 0.1) is 44.8 Å². The minimum Gasteiger partial charge on any atom is -0.445 e. The molecule has 7 fully saturated rings. The zero-order chi connectivity index (χ0) is 33.3. The zero-order valence-corrected chi connectivity index (χ0v) is 29.5. The SMILES string of the molecule is CC(C)[C@@H](OC(=O)N1CCC1)C1CCC2C(O1)[C@H](O)[C@@]1(C)C3CCC=C4C(C)(C)[C@@H](OC(=O)N5CC(O)C5)CCC45C[C@@]35CCC21C. The maximum Gasteiger partial charge on any atom is 0.410 e. The number of carbonyl (C=O) groups is 2. The van der Waals surface area contributed by atoms with Crippen LogP contribution in [0.15, 0.2) is 11.6 Å². The van der Waals surface area contributed by atoms with Gasteiger partial charge in [-0.2, -0.15) is 0 Å². The largest absolute Gasteiger partial charge is 0.445 e. The number of likely N-dealkylation sites (tertiary alicyclic amines) is 2. The molecular weight excluding hydrogens is 596 g/mol. The fourth-order valence-corrected chi connectivity index (χ4v) is 12.9. The monoisotopic (exact) mass is 654 g/mol. The van der Waals surface area contributed by atoms with E-state index < -0.39 is 12.2 Å². The summed E-state index contributed by atoms with van der Waals surface area (Å²) in [5, 5.41) is 22.3. The molecule has 0 aromatic heterocycles. The number of carbonyl (C=O) groups excluding carboxylic acids is 2. The third kappa shape index (κ3) is 4.23. The standard InChI is InChI=1S/C38H58N2O7/c1-22(2)29(47-32(43)39-17-8-18-39)25-12-11-24-30(45-25)31(42)36(6)27-10-7-9-26-34(3,4)28(46-33(44)40-19-23(41)20-40)13-14-37(26)21-38(27,37)16-15-35(24,36)5/h9,22-25,27-31,41-42H,7-8,10-21H2,1-6H3/t24?,25?,27?,28-,29+,30?,31-,35?,36+,37?,38-/m0/s1. The van der Waals surface area contributed by atoms with E-state index in [1.165, 1.54) is 12.0 Å². The minimum atomic E-state index is -0.572. The van der Waals surface area contributed by atoms with Crippen LogP contribution < -0.4 is 0 Å². The number of β-amino-alcohol motifs (C(OH)–C–C–N with tert-alkyl or cyclic N) is 1. The van der Waals surface area contributed by atoms with E-state index in [0.29, 0.717) is 19.0 Å². The first-order valence-electron chi connectivity index (χ1n) is 18.8. The Morgan fingerprint density at radius 2 is 1.70 bits per heavy atom. The van der Waals surface area contributed by atoms with Crippen LogP contribution >= 0.6 is 0 Å². The molecule has 4 saturated carbocycles. The van der Waals surface area contributed by atoms with E-state index in [2.05, 4.69) is 47.6 Å². The van der Waals surface area contributed by atoms with Gasteiger partial charge in [-0.3, -0.25) is 0 Å². The van der Waals surface area contributed by atoms with Crippen molar-refractivity contribution in [3.63, 3.8) is 0 Å². The normalized spacial score (nSPS) is 47.0. The molecule has 3 heterocycles. The Balaban J connectivity index is 1.04. The lowest BCUT2D eigenvalue weighted by atomic mass is 9.45. The maximum absolute atomic E-state index is 12.9. The number of allylic oxidation sites excluding steroid dienone is 1. The van der Waals surface area contributed by atoms with Crippen molar-refractivity contribution in [3.05, 3.63) is 11.6 Å². The van der Waals surface area contributed by atoms with Crippen LogP contribution in [-0.4, -0.2) is 95.0 Å². The molecule has 3 saturated heterocycles. The van der Waals surface area contributed by atoms with Crippen molar-refractivity contribution in [2.45, 2.75) is 142 Å². The van der Waals surface area contributed by atoms with Gasteiger partial charge < -0.3 is 34.2 Å². The van der Waals surface area contributed by atoms with Gasteiger partial charge in [0.2, 0.25) is 0 Å². The van der Waals surface area contributed by atoms with E-state index in [-0.39, 0.29) is 75.5 Å². The van der Waals surface area contributed by atoms with Crippen molar-refractivity contribution in [2.24, 2.45) is 44.8 Å². The third-order valence-electron chi connectivity index (χ3n) is 15.8. The predicted octanol–water partition coefficient (Wildman–Crippen LogP) is 5.91. The maximum atomic E-state index is 12.9. The summed E-state index contributed by atoms with van der Waals surface area (Å²) in [5.41, 5.74) is 1.15. The number of nitrogens with zero attached hydrogens (tertiary/aromatic N) is 2. The summed E-state index contributed by atoms with van der Waals surface area (Å²) in [6, 6.07) is 0. The van der Waals surface area contributed by atoms with Crippen molar-refractivity contribution in [3.8, 4) is 0 Å². The molecule has 2 spiro atoms. The zero-order valence-electron chi connectivity index (χ0n) is 29.5. The van der Waals surface area contributed by atoms with E-state index in [9.17, 15) is 19.8 Å². The summed E-state index contributed by atoms with van der Waals surface area (Å²) >= 11 is 0. The average molecular weight is 655 g/mol. The molecule has 2 N–H and O–H groups in total. The number of hydrogen-bond acceptors (Lipinski definition) is 7. The van der Waals surface area contributed by atoms with Crippen LogP contribution in [0.5, 0.6) is 0 Å². The molecule has 6 unspecified atom stereocenters. The summed E-state index contributed by atoms with van der Waals surface area (Å²) < 4.78 is 19.2. The summed E-state index contributed by atoms with van der Waals surface area (Å²) in [6.07, 6.45) is 10.2. The van der Waals surface area contributed by atoms with Crippen molar-refractivity contribution in [2.75, 3.05) is 26.2 Å². The third-order valence-corrected chi connectivity index (χ3v) is 15.8. The highest BCUT2D eigenvalue weighted by atomic mass is 16.6. The predicted molar refractivity (Wildman–Crippen MR) is 175 cm³/mol. The van der Waals surface area contributed by atoms with E-state index in [0.717, 1.165) is 70.9 Å². The lowest BCUT2D eigenvalue weighted by Crippen LogP contribution is -2.56. The Kier molecular flexibility index (Phi) is 7.29. The molecule has 0 aromatic carbocycles. The van der Waals surface area contributed by atoms with Gasteiger partial charge in [0.1, 0.15) is 12.2 Å². The first-order valence-corrected chi connectivity index (χ1v) is 18.8. The molecular formula is C38H58N2O7. The Morgan fingerprint density at radius 1 is 0.957 bits per heavy atom. The van der Waals surface area contributed by atoms with Crippen LogP contribution in [-0.2, 0) is 14.2 Å². The average Bonchev–Trinajstić information content (AvgIpc) is 3.60. The number of aliphatic hydroxyl groups is 2. The highest BCUT2D eigenvalue weighted by Gasteiger charge is 2.82. The highest BCUT2D eigenvalue weighted by molar-refractivity contribution is 5.69. The Morgan fingerprint density at radius 3 is 2.36 bits per heavy atom. The number of hydrogen-bond donors (Lipinski definition) is 2. The molecule has 2 amide bonds. The number of ether oxygens (including phenoxy) is 3. The minimum absolute atomic E-state index is 0.0298. The molecule has 3 aliphatic heterocycles. The molecule has 9 heteroatoms. The fraction of sp³-hybridized carbons (Fsp3) is 0.895. The lowest BCUT2D eigenvalue weighted by molar-refractivity contribution is -0.169. The van der Waals surface area contributed by atoms with Crippen LogP contribution in [0.25, 0.3) is 0 Å². The van der Waals surface area contributed by atoms with E-state index >= 15 is 0 Å². The van der Waals surface area contributed by atoms with E-state index in [4.69, 9.17) is 14.2 Å². The van der Waals surface area contributed by atoms with Gasteiger partial charge in [-0.05, 0) is 98.2 Å². The summed E-state index contributed by atoms with van der Waals surface area (Å²) in [7, 11) is 0. The van der Waals surface area contributed by atoms with Gasteiger partial charge >= 0.3 is 12.2 Å². The van der Waals surface area contributed by atoms with Gasteiger partial charge in [0.15, 0.2) is 0 Å². The van der Waals surface area contributed by atoms with Gasteiger partial charge in [-0.25, -0.2) is 9.59 Å². The van der Waals surface area contributed by atoms with Gasteiger partial charge in [0.05, 0.1) is 37.5 Å². The number of rotatable bonds is 4. The molecule has 8 aliphatic rings.